The fourth-order valence-electron chi connectivity index (χ4n) is 1.58. The quantitative estimate of drug-likeness (QED) is 0.814. The highest BCUT2D eigenvalue weighted by Crippen LogP contribution is 2.20. The molecule has 1 rings (SSSR count). The summed E-state index contributed by atoms with van der Waals surface area (Å²) >= 11 is 0. The molecule has 1 N–H and O–H groups in total. The van der Waals surface area contributed by atoms with Gasteiger partial charge in [0.1, 0.15) is 0 Å². The molecule has 0 radical (unpaired) electrons. The fourth-order valence-corrected chi connectivity index (χ4v) is 1.58. The van der Waals surface area contributed by atoms with E-state index in [2.05, 4.69) is 11.0 Å². The van der Waals surface area contributed by atoms with Gasteiger partial charge in [0.15, 0.2) is 0 Å². The molecular weight excluding hydrogens is 188 g/mol. The van der Waals surface area contributed by atoms with Gasteiger partial charge in [-0.1, -0.05) is 12.1 Å². The highest BCUT2D eigenvalue weighted by molar-refractivity contribution is 5.53. The Kier molecular flexibility index (Phi) is 4.14. The molecule has 1 aromatic carbocycles. The lowest BCUT2D eigenvalue weighted by Crippen LogP contribution is -2.19. The van der Waals surface area contributed by atoms with Crippen molar-refractivity contribution in [3.8, 4) is 6.07 Å². The molecule has 3 nitrogen and oxygen atoms in total. The maximum atomic E-state index is 8.98. The van der Waals surface area contributed by atoms with E-state index in [4.69, 9.17) is 10.4 Å². The number of nitriles is 1. The fraction of sp³-hybridized carbons (Fsp3) is 0.417. The van der Waals surface area contributed by atoms with Crippen molar-refractivity contribution in [3.63, 3.8) is 0 Å². The minimum absolute atomic E-state index is 0.0725. The monoisotopic (exact) mass is 204 g/mol. The summed E-state index contributed by atoms with van der Waals surface area (Å²) in [4.78, 5) is 2.06. The van der Waals surface area contributed by atoms with Gasteiger partial charge in [0.2, 0.25) is 0 Å². The highest BCUT2D eigenvalue weighted by atomic mass is 16.3. The van der Waals surface area contributed by atoms with Gasteiger partial charge in [-0.2, -0.15) is 5.26 Å². The number of aliphatic hydroxyl groups excluding tert-OH is 1. The zero-order valence-electron chi connectivity index (χ0n) is 9.20. The van der Waals surface area contributed by atoms with E-state index in [-0.39, 0.29) is 6.61 Å². The second-order valence-corrected chi connectivity index (χ2v) is 3.61. The maximum Gasteiger partial charge on any atom is 0.0681 e. The molecule has 0 amide bonds. The predicted octanol–water partition coefficient (Wildman–Crippen LogP) is 1.84. The number of aryl methyl sites for hydroxylation is 1. The first kappa shape index (κ1) is 11.5. The molecule has 0 bridgehead atoms. The molecule has 0 spiro atoms. The van der Waals surface area contributed by atoms with Gasteiger partial charge in [0.25, 0.3) is 0 Å². The molecule has 0 heterocycles. The largest absolute Gasteiger partial charge is 0.392 e. The average molecular weight is 204 g/mol. The maximum absolute atomic E-state index is 8.98. The predicted molar refractivity (Wildman–Crippen MR) is 60.6 cm³/mol. The van der Waals surface area contributed by atoms with Crippen LogP contribution in [0, 0.1) is 18.3 Å². The lowest BCUT2D eigenvalue weighted by atomic mass is 10.1. The molecule has 0 aromatic heterocycles. The van der Waals surface area contributed by atoms with Crippen LogP contribution in [0.25, 0.3) is 0 Å². The molecule has 0 aliphatic rings. The Hall–Kier alpha value is -1.53. The number of hydrogen-bond donors (Lipinski definition) is 1. The van der Waals surface area contributed by atoms with E-state index in [1.807, 2.05) is 32.2 Å². The molecule has 0 unspecified atom stereocenters. The summed E-state index contributed by atoms with van der Waals surface area (Å²) in [5, 5.41) is 17.5. The molecule has 0 atom stereocenters. The molecule has 0 aliphatic carbocycles. The van der Waals surface area contributed by atoms with Crippen LogP contribution in [0.15, 0.2) is 18.2 Å². The molecule has 0 aliphatic heterocycles. The number of benzene rings is 1. The van der Waals surface area contributed by atoms with Crippen molar-refractivity contribution in [3.05, 3.63) is 29.3 Å². The third-order valence-corrected chi connectivity index (χ3v) is 2.41. The molecule has 0 saturated carbocycles. The summed E-state index contributed by atoms with van der Waals surface area (Å²) in [6, 6.07) is 7.99. The average Bonchev–Trinajstić information content (AvgIpc) is 2.25. The second kappa shape index (κ2) is 5.38. The Morgan fingerprint density at radius 3 is 2.73 bits per heavy atom. The first-order valence-corrected chi connectivity index (χ1v) is 4.97. The van der Waals surface area contributed by atoms with Gasteiger partial charge in [-0.05, 0) is 24.1 Å². The molecule has 80 valence electrons. The SMILES string of the molecule is Cc1cc(CO)ccc1N(C)CCC#N. The minimum Gasteiger partial charge on any atom is -0.392 e. The summed E-state index contributed by atoms with van der Waals surface area (Å²) in [6.07, 6.45) is 0.525. The van der Waals surface area contributed by atoms with Crippen molar-refractivity contribution in [2.45, 2.75) is 20.0 Å². The van der Waals surface area contributed by atoms with Crippen LogP contribution in [0.3, 0.4) is 0 Å². The topological polar surface area (TPSA) is 47.3 Å². The summed E-state index contributed by atoms with van der Waals surface area (Å²) < 4.78 is 0. The Balaban J connectivity index is 2.81. The van der Waals surface area contributed by atoms with Crippen molar-refractivity contribution in [1.29, 1.82) is 5.26 Å². The normalized spacial score (nSPS) is 9.73. The number of aliphatic hydroxyl groups is 1. The van der Waals surface area contributed by atoms with Crippen molar-refractivity contribution in [2.75, 3.05) is 18.5 Å². The van der Waals surface area contributed by atoms with Crippen molar-refractivity contribution in [2.24, 2.45) is 0 Å². The molecule has 1 aromatic rings. The van der Waals surface area contributed by atoms with Crippen LogP contribution in [-0.4, -0.2) is 18.7 Å². The number of nitrogens with zero attached hydrogens (tertiary/aromatic N) is 2. The molecule has 3 heteroatoms. The molecular formula is C12H16N2O. The molecule has 0 fully saturated rings. The lowest BCUT2D eigenvalue weighted by molar-refractivity contribution is 0.282. The third kappa shape index (κ3) is 2.97. The van der Waals surface area contributed by atoms with Gasteiger partial charge < -0.3 is 10.0 Å². The van der Waals surface area contributed by atoms with Gasteiger partial charge in [-0.3, -0.25) is 0 Å². The summed E-state index contributed by atoms with van der Waals surface area (Å²) in [6.45, 7) is 2.82. The van der Waals surface area contributed by atoms with Crippen LogP contribution in [-0.2, 0) is 6.61 Å². The van der Waals surface area contributed by atoms with Crippen LogP contribution in [0.5, 0.6) is 0 Å². The first-order chi connectivity index (χ1) is 7.19. The van der Waals surface area contributed by atoms with Gasteiger partial charge in [0, 0.05) is 19.3 Å². The van der Waals surface area contributed by atoms with E-state index in [9.17, 15) is 0 Å². The van der Waals surface area contributed by atoms with Crippen molar-refractivity contribution in [1.82, 2.24) is 0 Å². The van der Waals surface area contributed by atoms with Crippen LogP contribution < -0.4 is 4.90 Å². The summed E-state index contributed by atoms with van der Waals surface area (Å²) in [5.41, 5.74) is 3.16. The second-order valence-electron chi connectivity index (χ2n) is 3.61. The number of hydrogen-bond acceptors (Lipinski definition) is 3. The number of rotatable bonds is 4. The molecule has 0 saturated heterocycles. The van der Waals surface area contributed by atoms with Crippen LogP contribution in [0.4, 0.5) is 5.69 Å². The Morgan fingerprint density at radius 2 is 2.20 bits per heavy atom. The van der Waals surface area contributed by atoms with Crippen molar-refractivity contribution < 1.29 is 5.11 Å². The van der Waals surface area contributed by atoms with E-state index in [1.165, 1.54) is 0 Å². The Morgan fingerprint density at radius 1 is 1.47 bits per heavy atom. The highest BCUT2D eigenvalue weighted by Gasteiger charge is 2.04. The van der Waals surface area contributed by atoms with Crippen LogP contribution >= 0.6 is 0 Å². The summed E-state index contributed by atoms with van der Waals surface area (Å²) in [7, 11) is 1.97. The number of anilines is 1. The van der Waals surface area contributed by atoms with E-state index in [0.717, 1.165) is 23.4 Å². The van der Waals surface area contributed by atoms with E-state index < -0.39 is 0 Å². The van der Waals surface area contributed by atoms with E-state index in [1.54, 1.807) is 0 Å². The Bertz CT molecular complexity index is 368. The van der Waals surface area contributed by atoms with Crippen LogP contribution in [0.2, 0.25) is 0 Å². The van der Waals surface area contributed by atoms with Gasteiger partial charge in [-0.25, -0.2) is 0 Å². The zero-order valence-corrected chi connectivity index (χ0v) is 9.20. The van der Waals surface area contributed by atoms with Crippen LogP contribution in [0.1, 0.15) is 17.5 Å². The standard InChI is InChI=1S/C12H16N2O/c1-10-8-11(9-15)4-5-12(10)14(2)7-3-6-13/h4-5,8,15H,3,7,9H2,1-2H3. The lowest BCUT2D eigenvalue weighted by Gasteiger charge is -2.20. The van der Waals surface area contributed by atoms with Crippen molar-refractivity contribution >= 4 is 5.69 Å². The van der Waals surface area contributed by atoms with E-state index >= 15 is 0 Å². The zero-order chi connectivity index (χ0) is 11.3. The van der Waals surface area contributed by atoms with Gasteiger partial charge in [-0.15, -0.1) is 0 Å². The first-order valence-electron chi connectivity index (χ1n) is 4.97. The minimum atomic E-state index is 0.0725. The third-order valence-electron chi connectivity index (χ3n) is 2.41. The molecule has 15 heavy (non-hydrogen) atoms. The smallest absolute Gasteiger partial charge is 0.0681 e. The van der Waals surface area contributed by atoms with E-state index in [0.29, 0.717) is 6.42 Å². The Labute approximate surface area is 90.6 Å². The van der Waals surface area contributed by atoms with Gasteiger partial charge in [0.05, 0.1) is 19.1 Å². The summed E-state index contributed by atoms with van der Waals surface area (Å²) in [5.74, 6) is 0. The van der Waals surface area contributed by atoms with Gasteiger partial charge >= 0.3 is 0 Å².